The first-order chi connectivity index (χ1) is 17.5. The molecule has 0 saturated carbocycles. The van der Waals surface area contributed by atoms with Gasteiger partial charge in [0.25, 0.3) is 5.91 Å². The van der Waals surface area contributed by atoms with Gasteiger partial charge in [-0.05, 0) is 72.9 Å². The first kappa shape index (κ1) is 27.0. The van der Waals surface area contributed by atoms with Crippen LogP contribution in [0.3, 0.4) is 0 Å². The van der Waals surface area contributed by atoms with Crippen LogP contribution in [-0.2, 0) is 16.6 Å². The SMILES string of the molecule is Cc1ccc2nc(N(Cc3ccco3)C(=O)c3ccc(S(=O)(=O)N(CC(C)C)CC(C)C)cc3)sc2c1. The Balaban J connectivity index is 1.65. The lowest BCUT2D eigenvalue weighted by molar-refractivity contribution is 0.0983. The smallest absolute Gasteiger partial charge is 0.260 e. The number of amides is 1. The summed E-state index contributed by atoms with van der Waals surface area (Å²) in [5.74, 6) is 0.739. The normalized spacial score (nSPS) is 12.2. The van der Waals surface area contributed by atoms with Gasteiger partial charge in [0.1, 0.15) is 5.76 Å². The minimum Gasteiger partial charge on any atom is -0.467 e. The summed E-state index contributed by atoms with van der Waals surface area (Å²) in [6, 6.07) is 15.8. The summed E-state index contributed by atoms with van der Waals surface area (Å²) < 4.78 is 34.8. The van der Waals surface area contributed by atoms with Crippen molar-refractivity contribution in [3.05, 3.63) is 77.7 Å². The van der Waals surface area contributed by atoms with Gasteiger partial charge < -0.3 is 4.42 Å². The summed E-state index contributed by atoms with van der Waals surface area (Å²) >= 11 is 1.44. The Morgan fingerprint density at radius 2 is 1.68 bits per heavy atom. The molecule has 37 heavy (non-hydrogen) atoms. The maximum atomic E-state index is 13.7. The molecule has 4 rings (SSSR count). The Hall–Kier alpha value is -3.01. The highest BCUT2D eigenvalue weighted by Crippen LogP contribution is 2.32. The van der Waals surface area contributed by atoms with Crippen LogP contribution in [0.2, 0.25) is 0 Å². The van der Waals surface area contributed by atoms with Gasteiger partial charge in [0.15, 0.2) is 5.13 Å². The van der Waals surface area contributed by atoms with Crippen LogP contribution in [0.1, 0.15) is 49.4 Å². The molecule has 2 aromatic heterocycles. The molecule has 0 atom stereocenters. The highest BCUT2D eigenvalue weighted by atomic mass is 32.2. The van der Waals surface area contributed by atoms with E-state index in [1.165, 1.54) is 27.8 Å². The number of thiazole rings is 1. The van der Waals surface area contributed by atoms with E-state index in [-0.39, 0.29) is 29.2 Å². The van der Waals surface area contributed by atoms with E-state index >= 15 is 0 Å². The molecule has 0 N–H and O–H groups in total. The Morgan fingerprint density at radius 1 is 1.00 bits per heavy atom. The predicted octanol–water partition coefficient (Wildman–Crippen LogP) is 6.35. The van der Waals surface area contributed by atoms with Crippen molar-refractivity contribution in [2.45, 2.75) is 46.1 Å². The van der Waals surface area contributed by atoms with Crippen LogP contribution in [-0.4, -0.2) is 36.7 Å². The van der Waals surface area contributed by atoms with Crippen LogP contribution in [0.5, 0.6) is 0 Å². The van der Waals surface area contributed by atoms with Crippen LogP contribution in [0.4, 0.5) is 5.13 Å². The number of aryl methyl sites for hydroxylation is 1. The number of anilines is 1. The molecule has 0 radical (unpaired) electrons. The summed E-state index contributed by atoms with van der Waals surface area (Å²) in [7, 11) is -3.69. The zero-order chi connectivity index (χ0) is 26.7. The minimum absolute atomic E-state index is 0.179. The quantitative estimate of drug-likeness (QED) is 0.235. The van der Waals surface area contributed by atoms with Gasteiger partial charge >= 0.3 is 0 Å². The van der Waals surface area contributed by atoms with Crippen LogP contribution in [0.25, 0.3) is 10.2 Å². The summed E-state index contributed by atoms with van der Waals surface area (Å²) in [6.45, 7) is 11.1. The Kier molecular flexibility index (Phi) is 8.16. The maximum Gasteiger partial charge on any atom is 0.260 e. The molecule has 0 aliphatic heterocycles. The second-order valence-corrected chi connectivity index (χ2v) is 13.0. The number of benzene rings is 2. The third-order valence-electron chi connectivity index (χ3n) is 5.78. The third kappa shape index (κ3) is 6.29. The fourth-order valence-electron chi connectivity index (χ4n) is 4.08. The first-order valence-corrected chi connectivity index (χ1v) is 14.6. The van der Waals surface area contributed by atoms with Gasteiger partial charge in [0.2, 0.25) is 10.0 Å². The van der Waals surface area contributed by atoms with E-state index in [1.54, 1.807) is 29.4 Å². The molecule has 2 aromatic carbocycles. The van der Waals surface area contributed by atoms with Crippen LogP contribution in [0, 0.1) is 18.8 Å². The molecule has 0 fully saturated rings. The molecule has 0 bridgehead atoms. The monoisotopic (exact) mass is 539 g/mol. The molecule has 0 saturated heterocycles. The second-order valence-electron chi connectivity index (χ2n) is 10.1. The molecule has 0 aliphatic carbocycles. The van der Waals surface area contributed by atoms with Crippen molar-refractivity contribution in [1.29, 1.82) is 0 Å². The van der Waals surface area contributed by atoms with E-state index in [9.17, 15) is 13.2 Å². The van der Waals surface area contributed by atoms with Crippen LogP contribution in [0.15, 0.2) is 70.2 Å². The van der Waals surface area contributed by atoms with Gasteiger partial charge in [0, 0.05) is 18.7 Å². The van der Waals surface area contributed by atoms with E-state index in [0.717, 1.165) is 15.8 Å². The Labute approximate surface area is 222 Å². The molecule has 7 nitrogen and oxygen atoms in total. The minimum atomic E-state index is -3.69. The molecule has 0 aliphatic rings. The molecule has 0 spiro atoms. The van der Waals surface area contributed by atoms with Gasteiger partial charge in [-0.15, -0.1) is 0 Å². The molecule has 2 heterocycles. The highest BCUT2D eigenvalue weighted by molar-refractivity contribution is 7.89. The van der Waals surface area contributed by atoms with Crippen molar-refractivity contribution >= 4 is 42.6 Å². The van der Waals surface area contributed by atoms with Crippen LogP contribution < -0.4 is 4.90 Å². The van der Waals surface area contributed by atoms with Gasteiger partial charge in [-0.1, -0.05) is 45.1 Å². The fourth-order valence-corrected chi connectivity index (χ4v) is 6.91. The number of hydrogen-bond acceptors (Lipinski definition) is 6. The number of hydrogen-bond donors (Lipinski definition) is 0. The summed E-state index contributed by atoms with van der Waals surface area (Å²) in [5, 5.41) is 0.554. The molecule has 196 valence electrons. The van der Waals surface area contributed by atoms with Gasteiger partial charge in [-0.2, -0.15) is 4.31 Å². The predicted molar refractivity (Wildman–Crippen MR) is 148 cm³/mol. The van der Waals surface area contributed by atoms with Crippen molar-refractivity contribution in [1.82, 2.24) is 9.29 Å². The zero-order valence-corrected chi connectivity index (χ0v) is 23.5. The highest BCUT2D eigenvalue weighted by Gasteiger charge is 2.27. The number of fused-ring (bicyclic) bond motifs is 1. The number of carbonyl (C=O) groups is 1. The van der Waals surface area contributed by atoms with Crippen LogP contribution >= 0.6 is 11.3 Å². The summed E-state index contributed by atoms with van der Waals surface area (Å²) in [5.41, 5.74) is 2.31. The van der Waals surface area contributed by atoms with E-state index in [1.807, 2.05) is 58.9 Å². The van der Waals surface area contributed by atoms with Crippen molar-refractivity contribution < 1.29 is 17.6 Å². The standard InChI is InChI=1S/C28H33N3O4S2/c1-19(2)16-30(17-20(3)4)37(33,34)24-11-9-22(10-12-24)27(32)31(18-23-7-6-14-35-23)28-29-25-13-8-21(5)15-26(25)36-28/h6-15,19-20H,16-18H2,1-5H3. The van der Waals surface area contributed by atoms with Crippen molar-refractivity contribution in [2.24, 2.45) is 11.8 Å². The number of rotatable bonds is 10. The van der Waals surface area contributed by atoms with Gasteiger partial charge in [-0.3, -0.25) is 9.69 Å². The van der Waals surface area contributed by atoms with E-state index < -0.39 is 10.0 Å². The lowest BCUT2D eigenvalue weighted by Crippen LogP contribution is -2.37. The zero-order valence-electron chi connectivity index (χ0n) is 21.8. The number of aromatic nitrogens is 1. The summed E-state index contributed by atoms with van der Waals surface area (Å²) in [4.78, 5) is 20.1. The number of furan rings is 1. The van der Waals surface area contributed by atoms with Crippen molar-refractivity contribution in [2.75, 3.05) is 18.0 Å². The molecule has 0 unspecified atom stereocenters. The molecule has 9 heteroatoms. The largest absolute Gasteiger partial charge is 0.467 e. The van der Waals surface area contributed by atoms with E-state index in [4.69, 9.17) is 9.40 Å². The first-order valence-electron chi connectivity index (χ1n) is 12.4. The Bertz CT molecular complexity index is 1450. The van der Waals surface area contributed by atoms with Gasteiger partial charge in [0.05, 0.1) is 27.9 Å². The van der Waals surface area contributed by atoms with Crippen molar-refractivity contribution in [3.63, 3.8) is 0 Å². The average Bonchev–Trinajstić information content (AvgIpc) is 3.50. The van der Waals surface area contributed by atoms with Gasteiger partial charge in [-0.25, -0.2) is 13.4 Å². The fraction of sp³-hybridized carbons (Fsp3) is 0.357. The van der Waals surface area contributed by atoms with E-state index in [0.29, 0.717) is 29.5 Å². The molecular weight excluding hydrogens is 506 g/mol. The Morgan fingerprint density at radius 3 is 2.27 bits per heavy atom. The van der Waals surface area contributed by atoms with E-state index in [2.05, 4.69) is 0 Å². The summed E-state index contributed by atoms with van der Waals surface area (Å²) in [6.07, 6.45) is 1.57. The number of carbonyl (C=O) groups excluding carboxylic acids is 1. The van der Waals surface area contributed by atoms with Crippen molar-refractivity contribution in [3.8, 4) is 0 Å². The number of nitrogens with zero attached hydrogens (tertiary/aromatic N) is 3. The third-order valence-corrected chi connectivity index (χ3v) is 8.67. The lowest BCUT2D eigenvalue weighted by atomic mass is 10.2. The number of sulfonamides is 1. The molecule has 4 aromatic rings. The molecule has 1 amide bonds. The second kappa shape index (κ2) is 11.2. The average molecular weight is 540 g/mol. The molecular formula is C28H33N3O4S2. The maximum absolute atomic E-state index is 13.7. The lowest BCUT2D eigenvalue weighted by Gasteiger charge is -2.25. The topological polar surface area (TPSA) is 83.7 Å².